The molecule has 1 N–H and O–H groups in total. The number of unbranched alkanes of at least 4 members (excludes halogenated alkanes) is 3. The van der Waals surface area contributed by atoms with Crippen LogP contribution >= 0.6 is 0 Å². The summed E-state index contributed by atoms with van der Waals surface area (Å²) in [6.45, 7) is 5.33. The van der Waals surface area contributed by atoms with Gasteiger partial charge in [0.15, 0.2) is 0 Å². The molecule has 5 nitrogen and oxygen atoms in total. The molecule has 0 aromatic heterocycles. The Labute approximate surface area is 144 Å². The first-order valence-electron chi connectivity index (χ1n) is 8.84. The molecule has 0 amide bonds. The van der Waals surface area contributed by atoms with Crippen molar-refractivity contribution in [3.63, 3.8) is 0 Å². The normalized spacial score (nSPS) is 10.2. The summed E-state index contributed by atoms with van der Waals surface area (Å²) in [6, 6.07) is 7.18. The van der Waals surface area contributed by atoms with Gasteiger partial charge in [0.05, 0.1) is 5.56 Å². The third-order valence-electron chi connectivity index (χ3n) is 3.54. The average Bonchev–Trinajstić information content (AvgIpc) is 2.59. The van der Waals surface area contributed by atoms with Crippen LogP contribution in [0.15, 0.2) is 24.3 Å². The van der Waals surface area contributed by atoms with Crippen LogP contribution in [0.2, 0.25) is 0 Å². The van der Waals surface area contributed by atoms with Crippen LogP contribution in [0, 0.1) is 0 Å². The van der Waals surface area contributed by atoms with E-state index >= 15 is 0 Å². The van der Waals surface area contributed by atoms with Crippen molar-refractivity contribution in [2.45, 2.75) is 52.4 Å². The molecule has 0 aliphatic rings. The van der Waals surface area contributed by atoms with Crippen LogP contribution in [0.3, 0.4) is 0 Å². The van der Waals surface area contributed by atoms with Crippen LogP contribution < -0.4 is 5.32 Å². The second-order valence-electron chi connectivity index (χ2n) is 5.67. The molecule has 0 bridgehead atoms. The van der Waals surface area contributed by atoms with Gasteiger partial charge in [0, 0.05) is 18.7 Å². The first-order valence-corrected chi connectivity index (χ1v) is 8.84. The molecule has 1 rings (SSSR count). The number of ether oxygens (including phenoxy) is 2. The van der Waals surface area contributed by atoms with Crippen molar-refractivity contribution < 1.29 is 19.1 Å². The largest absolute Gasteiger partial charge is 0.462 e. The zero-order valence-corrected chi connectivity index (χ0v) is 14.8. The van der Waals surface area contributed by atoms with E-state index in [1.807, 2.05) is 12.1 Å². The van der Waals surface area contributed by atoms with Gasteiger partial charge in [-0.05, 0) is 37.1 Å². The highest BCUT2D eigenvalue weighted by Gasteiger charge is 2.08. The molecule has 0 radical (unpaired) electrons. The van der Waals surface area contributed by atoms with Gasteiger partial charge >= 0.3 is 11.9 Å². The molecule has 1 aromatic carbocycles. The Morgan fingerprint density at radius 3 is 2.25 bits per heavy atom. The van der Waals surface area contributed by atoms with Crippen molar-refractivity contribution in [2.75, 3.05) is 25.1 Å². The Bertz CT molecular complexity index is 485. The standard InChI is InChI=1S/C19H29NO4/c1-3-5-7-8-18(21)23-14-15-24-19(22)16-9-11-17(12-10-16)20-13-6-4-2/h9-12,20H,3-8,13-15H2,1-2H3. The number of hydrogen-bond acceptors (Lipinski definition) is 5. The van der Waals surface area contributed by atoms with Gasteiger partial charge in [0.1, 0.15) is 13.2 Å². The molecular formula is C19H29NO4. The van der Waals surface area contributed by atoms with E-state index in [1.54, 1.807) is 12.1 Å². The van der Waals surface area contributed by atoms with Gasteiger partial charge in [-0.15, -0.1) is 0 Å². The van der Waals surface area contributed by atoms with Crippen molar-refractivity contribution in [1.29, 1.82) is 0 Å². The summed E-state index contributed by atoms with van der Waals surface area (Å²) in [5.74, 6) is -0.640. The Balaban J connectivity index is 2.21. The van der Waals surface area contributed by atoms with E-state index in [1.165, 1.54) is 0 Å². The highest BCUT2D eigenvalue weighted by molar-refractivity contribution is 5.89. The molecule has 0 spiro atoms. The van der Waals surface area contributed by atoms with Crippen molar-refractivity contribution in [3.05, 3.63) is 29.8 Å². The summed E-state index contributed by atoms with van der Waals surface area (Å²) >= 11 is 0. The summed E-state index contributed by atoms with van der Waals surface area (Å²) in [5, 5.41) is 3.29. The third kappa shape index (κ3) is 8.56. The second kappa shape index (κ2) is 12.4. The topological polar surface area (TPSA) is 64.6 Å². The fourth-order valence-corrected chi connectivity index (χ4v) is 2.10. The number of nitrogens with one attached hydrogen (secondary N) is 1. The number of benzene rings is 1. The first-order chi connectivity index (χ1) is 11.7. The van der Waals surface area contributed by atoms with E-state index in [2.05, 4.69) is 19.2 Å². The Hall–Kier alpha value is -2.04. The summed E-state index contributed by atoms with van der Waals surface area (Å²) in [4.78, 5) is 23.3. The minimum atomic E-state index is -0.405. The van der Waals surface area contributed by atoms with Crippen molar-refractivity contribution in [1.82, 2.24) is 0 Å². The maximum Gasteiger partial charge on any atom is 0.338 e. The molecule has 0 fully saturated rings. The molecule has 0 atom stereocenters. The molecule has 5 heteroatoms. The Kier molecular flexibility index (Phi) is 10.3. The average molecular weight is 335 g/mol. The van der Waals surface area contributed by atoms with Gasteiger partial charge in [-0.3, -0.25) is 4.79 Å². The molecule has 0 unspecified atom stereocenters. The van der Waals surface area contributed by atoms with E-state index in [0.717, 1.165) is 44.3 Å². The lowest BCUT2D eigenvalue weighted by molar-refractivity contribution is -0.144. The lowest BCUT2D eigenvalue weighted by Gasteiger charge is -2.08. The third-order valence-corrected chi connectivity index (χ3v) is 3.54. The molecule has 1 aromatic rings. The molecule has 0 heterocycles. The van der Waals surface area contributed by atoms with Crippen LogP contribution in [-0.4, -0.2) is 31.7 Å². The van der Waals surface area contributed by atoms with E-state index in [-0.39, 0.29) is 19.2 Å². The van der Waals surface area contributed by atoms with Gasteiger partial charge in [0.25, 0.3) is 0 Å². The number of carbonyl (C=O) groups excluding carboxylic acids is 2. The zero-order chi connectivity index (χ0) is 17.6. The summed E-state index contributed by atoms with van der Waals surface area (Å²) in [7, 11) is 0. The lowest BCUT2D eigenvalue weighted by atomic mass is 10.2. The monoisotopic (exact) mass is 335 g/mol. The van der Waals surface area contributed by atoms with E-state index < -0.39 is 5.97 Å². The fraction of sp³-hybridized carbons (Fsp3) is 0.579. The summed E-state index contributed by atoms with van der Waals surface area (Å²) in [6.07, 6.45) is 5.61. The minimum absolute atomic E-state index is 0.0782. The van der Waals surface area contributed by atoms with Crippen LogP contribution in [0.25, 0.3) is 0 Å². The number of carbonyl (C=O) groups is 2. The van der Waals surface area contributed by atoms with Gasteiger partial charge < -0.3 is 14.8 Å². The molecule has 24 heavy (non-hydrogen) atoms. The van der Waals surface area contributed by atoms with Crippen LogP contribution in [0.1, 0.15) is 62.7 Å². The number of rotatable bonds is 12. The predicted molar refractivity (Wildman–Crippen MR) is 95.2 cm³/mol. The summed E-state index contributed by atoms with van der Waals surface area (Å²) in [5.41, 5.74) is 1.48. The molecular weight excluding hydrogens is 306 g/mol. The number of esters is 2. The van der Waals surface area contributed by atoms with E-state index in [4.69, 9.17) is 9.47 Å². The summed E-state index contributed by atoms with van der Waals surface area (Å²) < 4.78 is 10.1. The van der Waals surface area contributed by atoms with Gasteiger partial charge in [-0.2, -0.15) is 0 Å². The Morgan fingerprint density at radius 1 is 0.917 bits per heavy atom. The molecule has 0 aliphatic heterocycles. The van der Waals surface area contributed by atoms with Gasteiger partial charge in [-0.1, -0.05) is 33.1 Å². The quantitative estimate of drug-likeness (QED) is 0.458. The highest BCUT2D eigenvalue weighted by Crippen LogP contribution is 2.11. The van der Waals surface area contributed by atoms with E-state index in [9.17, 15) is 9.59 Å². The van der Waals surface area contributed by atoms with Crippen molar-refractivity contribution >= 4 is 17.6 Å². The van der Waals surface area contributed by atoms with Crippen LogP contribution in [0.5, 0.6) is 0 Å². The molecule has 0 saturated heterocycles. The predicted octanol–water partition coefficient (Wildman–Crippen LogP) is 4.18. The van der Waals surface area contributed by atoms with Crippen molar-refractivity contribution in [3.8, 4) is 0 Å². The maximum absolute atomic E-state index is 11.9. The SMILES string of the molecule is CCCCCC(=O)OCCOC(=O)c1ccc(NCCCC)cc1. The molecule has 134 valence electrons. The number of anilines is 1. The van der Waals surface area contributed by atoms with Crippen LogP contribution in [-0.2, 0) is 14.3 Å². The zero-order valence-electron chi connectivity index (χ0n) is 14.8. The smallest absolute Gasteiger partial charge is 0.338 e. The lowest BCUT2D eigenvalue weighted by Crippen LogP contribution is -2.14. The van der Waals surface area contributed by atoms with Crippen LogP contribution in [0.4, 0.5) is 5.69 Å². The second-order valence-corrected chi connectivity index (χ2v) is 5.67. The highest BCUT2D eigenvalue weighted by atomic mass is 16.6. The molecule has 0 saturated carbocycles. The first kappa shape index (κ1) is 20.0. The molecule has 0 aliphatic carbocycles. The minimum Gasteiger partial charge on any atom is -0.462 e. The van der Waals surface area contributed by atoms with Gasteiger partial charge in [0.2, 0.25) is 0 Å². The number of hydrogen-bond donors (Lipinski definition) is 1. The fourth-order valence-electron chi connectivity index (χ4n) is 2.10. The maximum atomic E-state index is 11.9. The Morgan fingerprint density at radius 2 is 1.58 bits per heavy atom. The van der Waals surface area contributed by atoms with Gasteiger partial charge in [-0.25, -0.2) is 4.79 Å². The van der Waals surface area contributed by atoms with Crippen molar-refractivity contribution in [2.24, 2.45) is 0 Å². The van der Waals surface area contributed by atoms with E-state index in [0.29, 0.717) is 12.0 Å².